The zero-order valence-electron chi connectivity index (χ0n) is 8.73. The van der Waals surface area contributed by atoms with Gasteiger partial charge >= 0.3 is 0 Å². The summed E-state index contributed by atoms with van der Waals surface area (Å²) in [6.45, 7) is 1.46. The number of amides is 1. The van der Waals surface area contributed by atoms with E-state index in [4.69, 9.17) is 5.73 Å². The van der Waals surface area contributed by atoms with E-state index in [9.17, 15) is 4.79 Å². The first-order valence-electron chi connectivity index (χ1n) is 4.54. The van der Waals surface area contributed by atoms with Gasteiger partial charge in [0.2, 0.25) is 5.91 Å². The van der Waals surface area contributed by atoms with Crippen molar-refractivity contribution in [2.75, 3.05) is 5.32 Å². The third-order valence-corrected chi connectivity index (χ3v) is 1.71. The average molecular weight is 236 g/mol. The fourth-order valence-electron chi connectivity index (χ4n) is 1.03. The predicted octanol–water partition coefficient (Wildman–Crippen LogP) is 0.812. The van der Waals surface area contributed by atoms with Crippen LogP contribution >= 0.6 is 12.2 Å². The van der Waals surface area contributed by atoms with Gasteiger partial charge in [-0.25, -0.2) is 0 Å². The highest BCUT2D eigenvalue weighted by atomic mass is 32.1. The Labute approximate surface area is 98.7 Å². The molecule has 84 valence electrons. The molecule has 4 N–H and O–H groups in total. The Hall–Kier alpha value is -1.95. The van der Waals surface area contributed by atoms with Gasteiger partial charge in [-0.1, -0.05) is 12.1 Å². The van der Waals surface area contributed by atoms with Crippen molar-refractivity contribution in [2.45, 2.75) is 6.92 Å². The van der Waals surface area contributed by atoms with Gasteiger partial charge in [-0.05, 0) is 29.9 Å². The zero-order valence-corrected chi connectivity index (χ0v) is 9.54. The molecule has 5 nitrogen and oxygen atoms in total. The summed E-state index contributed by atoms with van der Waals surface area (Å²) in [5.74, 6) is -0.100. The molecule has 0 saturated carbocycles. The number of hydrogen-bond acceptors (Lipinski definition) is 3. The number of carbonyl (C=O) groups is 1. The number of hydrogen-bond donors (Lipinski definition) is 3. The number of nitrogens with zero attached hydrogens (tertiary/aromatic N) is 1. The number of benzene rings is 1. The molecule has 1 rings (SSSR count). The summed E-state index contributed by atoms with van der Waals surface area (Å²) in [5, 5.41) is 6.59. The van der Waals surface area contributed by atoms with Gasteiger partial charge < -0.3 is 11.1 Å². The highest BCUT2D eigenvalue weighted by Crippen LogP contribution is 2.07. The summed E-state index contributed by atoms with van der Waals surface area (Å²) in [6.07, 6.45) is 1.58. The normalized spacial score (nSPS) is 10.1. The average Bonchev–Trinajstić information content (AvgIpc) is 2.19. The van der Waals surface area contributed by atoms with E-state index in [0.717, 1.165) is 11.3 Å². The number of carbonyl (C=O) groups excluding carboxylic acids is 1. The first-order chi connectivity index (χ1) is 7.58. The lowest BCUT2D eigenvalue weighted by atomic mass is 10.2. The van der Waals surface area contributed by atoms with Crippen molar-refractivity contribution >= 4 is 35.1 Å². The lowest BCUT2D eigenvalue weighted by Gasteiger charge is -2.01. The number of anilines is 1. The van der Waals surface area contributed by atoms with E-state index in [1.165, 1.54) is 6.92 Å². The van der Waals surface area contributed by atoms with Gasteiger partial charge in [0.15, 0.2) is 5.11 Å². The number of rotatable bonds is 3. The second kappa shape index (κ2) is 5.82. The zero-order chi connectivity index (χ0) is 12.0. The highest BCUT2D eigenvalue weighted by Gasteiger charge is 1.94. The van der Waals surface area contributed by atoms with E-state index < -0.39 is 0 Å². The molecule has 0 aliphatic heterocycles. The summed E-state index contributed by atoms with van der Waals surface area (Å²) in [6, 6.07) is 7.19. The van der Waals surface area contributed by atoms with Crippen molar-refractivity contribution in [3.63, 3.8) is 0 Å². The Morgan fingerprint density at radius 2 is 2.06 bits per heavy atom. The molecule has 0 atom stereocenters. The van der Waals surface area contributed by atoms with E-state index in [-0.39, 0.29) is 11.0 Å². The smallest absolute Gasteiger partial charge is 0.221 e. The fourth-order valence-corrected chi connectivity index (χ4v) is 1.08. The molecular weight excluding hydrogens is 224 g/mol. The first kappa shape index (κ1) is 12.1. The maximum atomic E-state index is 10.8. The molecular formula is C10H12N4OS. The van der Waals surface area contributed by atoms with Crippen molar-refractivity contribution in [3.05, 3.63) is 29.8 Å². The summed E-state index contributed by atoms with van der Waals surface area (Å²) in [4.78, 5) is 10.8. The van der Waals surface area contributed by atoms with Crippen LogP contribution in [0.4, 0.5) is 5.69 Å². The molecule has 0 fully saturated rings. The van der Waals surface area contributed by atoms with Gasteiger partial charge in [-0.2, -0.15) is 5.10 Å². The lowest BCUT2D eigenvalue weighted by molar-refractivity contribution is -0.114. The van der Waals surface area contributed by atoms with Gasteiger partial charge in [0.25, 0.3) is 0 Å². The topological polar surface area (TPSA) is 79.5 Å². The van der Waals surface area contributed by atoms with Crippen LogP contribution in [0, 0.1) is 0 Å². The van der Waals surface area contributed by atoms with E-state index >= 15 is 0 Å². The van der Waals surface area contributed by atoms with E-state index in [0.29, 0.717) is 0 Å². The van der Waals surface area contributed by atoms with Crippen LogP contribution in [-0.2, 0) is 4.79 Å². The van der Waals surface area contributed by atoms with Crippen LogP contribution in [0.1, 0.15) is 12.5 Å². The molecule has 1 amide bonds. The minimum Gasteiger partial charge on any atom is -0.375 e. The van der Waals surface area contributed by atoms with Crippen molar-refractivity contribution in [1.29, 1.82) is 0 Å². The van der Waals surface area contributed by atoms with Gasteiger partial charge in [0, 0.05) is 12.6 Å². The fraction of sp³-hybridized carbons (Fsp3) is 0.100. The maximum Gasteiger partial charge on any atom is 0.221 e. The van der Waals surface area contributed by atoms with Crippen molar-refractivity contribution in [3.8, 4) is 0 Å². The quantitative estimate of drug-likeness (QED) is 0.412. The van der Waals surface area contributed by atoms with Crippen molar-refractivity contribution in [2.24, 2.45) is 10.8 Å². The van der Waals surface area contributed by atoms with E-state index in [1.54, 1.807) is 18.3 Å². The van der Waals surface area contributed by atoms with E-state index in [2.05, 4.69) is 28.1 Å². The molecule has 16 heavy (non-hydrogen) atoms. The van der Waals surface area contributed by atoms with Gasteiger partial charge in [-0.3, -0.25) is 10.2 Å². The van der Waals surface area contributed by atoms with Crippen LogP contribution in [0.2, 0.25) is 0 Å². The van der Waals surface area contributed by atoms with E-state index in [1.807, 2.05) is 12.1 Å². The molecule has 0 saturated heterocycles. The van der Waals surface area contributed by atoms with Crippen LogP contribution in [0.15, 0.2) is 29.4 Å². The van der Waals surface area contributed by atoms with Gasteiger partial charge in [0.05, 0.1) is 6.21 Å². The molecule has 0 aliphatic carbocycles. The van der Waals surface area contributed by atoms with Crippen molar-refractivity contribution in [1.82, 2.24) is 5.43 Å². The minimum atomic E-state index is -0.100. The summed E-state index contributed by atoms with van der Waals surface area (Å²) < 4.78 is 0. The Morgan fingerprint density at radius 3 is 2.56 bits per heavy atom. The Kier molecular flexibility index (Phi) is 4.41. The van der Waals surface area contributed by atoms with Crippen LogP contribution < -0.4 is 16.5 Å². The Bertz CT molecular complexity index is 413. The third-order valence-electron chi connectivity index (χ3n) is 1.62. The summed E-state index contributed by atoms with van der Waals surface area (Å²) >= 11 is 4.58. The van der Waals surface area contributed by atoms with Gasteiger partial charge in [0.1, 0.15) is 0 Å². The van der Waals surface area contributed by atoms with Gasteiger partial charge in [-0.15, -0.1) is 0 Å². The summed E-state index contributed by atoms with van der Waals surface area (Å²) in [5.41, 5.74) is 9.26. The Morgan fingerprint density at radius 1 is 1.44 bits per heavy atom. The number of hydrazone groups is 1. The molecule has 1 aromatic rings. The second-order valence-corrected chi connectivity index (χ2v) is 3.48. The predicted molar refractivity (Wildman–Crippen MR) is 68.3 cm³/mol. The first-order valence-corrected chi connectivity index (χ1v) is 4.95. The maximum absolute atomic E-state index is 10.8. The molecule has 0 spiro atoms. The standard InChI is InChI=1S/C10H12N4OS/c1-7(15)13-9-4-2-8(3-5-9)6-12-14-10(11)16/h2-6H,1H3,(H,13,15)(H3,11,14,16). The molecule has 0 radical (unpaired) electrons. The molecule has 0 heterocycles. The number of nitrogens with one attached hydrogen (secondary N) is 2. The summed E-state index contributed by atoms with van der Waals surface area (Å²) in [7, 11) is 0. The molecule has 1 aromatic carbocycles. The third kappa shape index (κ3) is 4.52. The van der Waals surface area contributed by atoms with Crippen LogP contribution in [0.5, 0.6) is 0 Å². The second-order valence-electron chi connectivity index (χ2n) is 3.04. The van der Waals surface area contributed by atoms with Crippen molar-refractivity contribution < 1.29 is 4.79 Å². The number of nitrogens with two attached hydrogens (primary N) is 1. The van der Waals surface area contributed by atoms with Crippen LogP contribution in [0.3, 0.4) is 0 Å². The molecule has 0 bridgehead atoms. The lowest BCUT2D eigenvalue weighted by Crippen LogP contribution is -2.23. The van der Waals surface area contributed by atoms with Crippen LogP contribution in [0.25, 0.3) is 0 Å². The monoisotopic (exact) mass is 236 g/mol. The molecule has 0 aromatic heterocycles. The Balaban J connectivity index is 2.60. The molecule has 0 aliphatic rings. The van der Waals surface area contributed by atoms with Crippen LogP contribution in [-0.4, -0.2) is 17.2 Å². The molecule has 6 heteroatoms. The SMILES string of the molecule is CC(=O)Nc1ccc(C=NNC(N)=S)cc1. The minimum absolute atomic E-state index is 0.100. The molecule has 0 unspecified atom stereocenters. The number of thiocarbonyl (C=S) groups is 1. The largest absolute Gasteiger partial charge is 0.375 e. The highest BCUT2D eigenvalue weighted by molar-refractivity contribution is 7.80.